The van der Waals surface area contributed by atoms with Crippen molar-refractivity contribution in [1.82, 2.24) is 4.72 Å². The van der Waals surface area contributed by atoms with Crippen LogP contribution in [0.5, 0.6) is 0 Å². The van der Waals surface area contributed by atoms with Crippen LogP contribution in [-0.4, -0.2) is 27.7 Å². The molecule has 0 saturated carbocycles. The van der Waals surface area contributed by atoms with Crippen LogP contribution in [0.2, 0.25) is 10.0 Å². The van der Waals surface area contributed by atoms with Gasteiger partial charge < -0.3 is 4.74 Å². The van der Waals surface area contributed by atoms with Crippen molar-refractivity contribution in [3.05, 3.63) is 27.7 Å². The molecule has 0 aromatic heterocycles. The second kappa shape index (κ2) is 5.97. The molecule has 0 amide bonds. The van der Waals surface area contributed by atoms with E-state index in [9.17, 15) is 8.42 Å². The quantitative estimate of drug-likeness (QED) is 0.926. The van der Waals surface area contributed by atoms with Gasteiger partial charge >= 0.3 is 0 Å². The number of halogens is 2. The van der Waals surface area contributed by atoms with Gasteiger partial charge in [0.15, 0.2) is 0 Å². The molecule has 7 heteroatoms. The van der Waals surface area contributed by atoms with Crippen molar-refractivity contribution in [1.29, 1.82) is 0 Å². The topological polar surface area (TPSA) is 55.4 Å². The molecule has 0 bridgehead atoms. The first-order valence-corrected chi connectivity index (χ1v) is 8.21. The highest BCUT2D eigenvalue weighted by atomic mass is 35.5. The lowest BCUT2D eigenvalue weighted by Crippen LogP contribution is -2.32. The van der Waals surface area contributed by atoms with Gasteiger partial charge in [0, 0.05) is 18.2 Å². The Kier molecular flexibility index (Phi) is 4.74. The lowest BCUT2D eigenvalue weighted by Gasteiger charge is -2.13. The maximum absolute atomic E-state index is 12.2. The number of nitrogens with one attached hydrogen (secondary N) is 1. The summed E-state index contributed by atoms with van der Waals surface area (Å²) >= 11 is 11.8. The van der Waals surface area contributed by atoms with E-state index in [4.69, 9.17) is 27.9 Å². The molecule has 106 valence electrons. The van der Waals surface area contributed by atoms with E-state index in [1.165, 1.54) is 12.1 Å². The summed E-state index contributed by atoms with van der Waals surface area (Å²) < 4.78 is 32.3. The first-order valence-electron chi connectivity index (χ1n) is 5.97. The van der Waals surface area contributed by atoms with Gasteiger partial charge in [-0.05, 0) is 37.5 Å². The standard InChI is InChI=1S/C12H15Cl2NO3S/c1-8-5-12(11(14)6-10(8)13)19(16,17)15-7-9-3-2-4-18-9/h5-6,9,15H,2-4,7H2,1H3/t9-/m1/s1. The summed E-state index contributed by atoms with van der Waals surface area (Å²) in [6, 6.07) is 2.92. The Morgan fingerprint density at radius 3 is 2.74 bits per heavy atom. The molecule has 1 aliphatic heterocycles. The zero-order valence-electron chi connectivity index (χ0n) is 10.4. The number of benzene rings is 1. The molecule has 1 heterocycles. The van der Waals surface area contributed by atoms with Gasteiger partial charge in [0.05, 0.1) is 11.1 Å². The molecule has 1 aromatic rings. The van der Waals surface area contributed by atoms with Crippen LogP contribution in [0.4, 0.5) is 0 Å². The fraction of sp³-hybridized carbons (Fsp3) is 0.500. The minimum atomic E-state index is -3.64. The van der Waals surface area contributed by atoms with E-state index in [0.717, 1.165) is 12.8 Å². The monoisotopic (exact) mass is 323 g/mol. The van der Waals surface area contributed by atoms with Crippen molar-refractivity contribution in [3.63, 3.8) is 0 Å². The van der Waals surface area contributed by atoms with Crippen LogP contribution in [0, 0.1) is 6.92 Å². The molecule has 0 spiro atoms. The van der Waals surface area contributed by atoms with Crippen LogP contribution >= 0.6 is 23.2 Å². The van der Waals surface area contributed by atoms with Gasteiger partial charge in [0.25, 0.3) is 0 Å². The van der Waals surface area contributed by atoms with E-state index in [1.54, 1.807) is 6.92 Å². The summed E-state index contributed by atoms with van der Waals surface area (Å²) in [6.07, 6.45) is 1.78. The third-order valence-electron chi connectivity index (χ3n) is 3.03. The summed E-state index contributed by atoms with van der Waals surface area (Å²) in [4.78, 5) is 0.0501. The van der Waals surface area contributed by atoms with E-state index in [-0.39, 0.29) is 22.6 Å². The summed E-state index contributed by atoms with van der Waals surface area (Å²) in [7, 11) is -3.64. The molecule has 1 aliphatic rings. The SMILES string of the molecule is Cc1cc(S(=O)(=O)NC[C@H]2CCCO2)c(Cl)cc1Cl. The molecule has 1 saturated heterocycles. The molecule has 2 rings (SSSR count). The van der Waals surface area contributed by atoms with E-state index < -0.39 is 10.0 Å². The van der Waals surface area contributed by atoms with Gasteiger partial charge in [-0.2, -0.15) is 0 Å². The molecular weight excluding hydrogens is 309 g/mol. The molecule has 1 fully saturated rings. The van der Waals surface area contributed by atoms with Crippen LogP contribution in [0.15, 0.2) is 17.0 Å². The molecule has 0 unspecified atom stereocenters. The zero-order valence-corrected chi connectivity index (χ0v) is 12.8. The smallest absolute Gasteiger partial charge is 0.242 e. The van der Waals surface area contributed by atoms with E-state index in [0.29, 0.717) is 17.2 Å². The zero-order chi connectivity index (χ0) is 14.0. The van der Waals surface area contributed by atoms with Crippen molar-refractivity contribution in [2.45, 2.75) is 30.8 Å². The van der Waals surface area contributed by atoms with Gasteiger partial charge in [-0.25, -0.2) is 13.1 Å². The fourth-order valence-corrected chi connectivity index (χ4v) is 3.82. The first-order chi connectivity index (χ1) is 8.90. The van der Waals surface area contributed by atoms with Gasteiger partial charge in [-0.15, -0.1) is 0 Å². The predicted octanol–water partition coefficient (Wildman–Crippen LogP) is 2.76. The molecule has 1 atom stereocenters. The van der Waals surface area contributed by atoms with Crippen LogP contribution < -0.4 is 4.72 Å². The molecule has 0 aliphatic carbocycles. The number of ether oxygens (including phenoxy) is 1. The number of hydrogen-bond acceptors (Lipinski definition) is 3. The summed E-state index contributed by atoms with van der Waals surface area (Å²) in [5, 5.41) is 0.568. The minimum Gasteiger partial charge on any atom is -0.377 e. The van der Waals surface area contributed by atoms with Crippen LogP contribution in [0.3, 0.4) is 0 Å². The maximum Gasteiger partial charge on any atom is 0.242 e. The maximum atomic E-state index is 12.2. The van der Waals surface area contributed by atoms with Crippen molar-refractivity contribution < 1.29 is 13.2 Å². The van der Waals surface area contributed by atoms with Crippen molar-refractivity contribution in [3.8, 4) is 0 Å². The molecule has 1 N–H and O–H groups in total. The second-order valence-corrected chi connectivity index (χ2v) is 7.07. The third-order valence-corrected chi connectivity index (χ3v) is 5.32. The first kappa shape index (κ1) is 15.1. The predicted molar refractivity (Wildman–Crippen MR) is 75.4 cm³/mol. The Balaban J connectivity index is 2.16. The van der Waals surface area contributed by atoms with Gasteiger partial charge in [0.1, 0.15) is 4.90 Å². The highest BCUT2D eigenvalue weighted by molar-refractivity contribution is 7.89. The Hall–Kier alpha value is -0.330. The molecule has 4 nitrogen and oxygen atoms in total. The molecule has 19 heavy (non-hydrogen) atoms. The molecule has 1 aromatic carbocycles. The van der Waals surface area contributed by atoms with E-state index >= 15 is 0 Å². The number of sulfonamides is 1. The van der Waals surface area contributed by atoms with Crippen LogP contribution in [0.1, 0.15) is 18.4 Å². The average Bonchev–Trinajstić information content (AvgIpc) is 2.84. The van der Waals surface area contributed by atoms with Crippen molar-refractivity contribution in [2.75, 3.05) is 13.2 Å². The Labute approximate surface area is 123 Å². The number of aryl methyl sites for hydroxylation is 1. The molecular formula is C12H15Cl2NO3S. The normalized spacial score (nSPS) is 19.8. The van der Waals surface area contributed by atoms with Crippen molar-refractivity contribution in [2.24, 2.45) is 0 Å². The summed E-state index contributed by atoms with van der Waals surface area (Å²) in [6.45, 7) is 2.69. The molecule has 0 radical (unpaired) electrons. The second-order valence-electron chi connectivity index (χ2n) is 4.52. The van der Waals surface area contributed by atoms with Gasteiger partial charge in [0.2, 0.25) is 10.0 Å². The summed E-state index contributed by atoms with van der Waals surface area (Å²) in [5.74, 6) is 0. The van der Waals surface area contributed by atoms with Gasteiger partial charge in [-0.1, -0.05) is 23.2 Å². The number of hydrogen-bond donors (Lipinski definition) is 1. The van der Waals surface area contributed by atoms with Crippen LogP contribution in [0.25, 0.3) is 0 Å². The Morgan fingerprint density at radius 1 is 1.37 bits per heavy atom. The van der Waals surface area contributed by atoms with Gasteiger partial charge in [-0.3, -0.25) is 0 Å². The fourth-order valence-electron chi connectivity index (χ4n) is 1.92. The lowest BCUT2D eigenvalue weighted by atomic mass is 10.2. The van der Waals surface area contributed by atoms with Crippen molar-refractivity contribution >= 4 is 33.2 Å². The Morgan fingerprint density at radius 2 is 2.11 bits per heavy atom. The van der Waals surface area contributed by atoms with E-state index in [2.05, 4.69) is 4.72 Å². The third kappa shape index (κ3) is 3.61. The Bertz CT molecular complexity index is 569. The highest BCUT2D eigenvalue weighted by Gasteiger charge is 2.22. The highest BCUT2D eigenvalue weighted by Crippen LogP contribution is 2.28. The van der Waals surface area contributed by atoms with Crippen LogP contribution in [-0.2, 0) is 14.8 Å². The average molecular weight is 324 g/mol. The minimum absolute atomic E-state index is 0.0501. The number of rotatable bonds is 4. The lowest BCUT2D eigenvalue weighted by molar-refractivity contribution is 0.114. The largest absolute Gasteiger partial charge is 0.377 e. The summed E-state index contributed by atoms with van der Waals surface area (Å²) in [5.41, 5.74) is 0.670. The van der Waals surface area contributed by atoms with E-state index in [1.807, 2.05) is 0 Å².